The third kappa shape index (κ3) is 1.93. The van der Waals surface area contributed by atoms with Crippen molar-refractivity contribution in [3.63, 3.8) is 0 Å². The van der Waals surface area contributed by atoms with Crippen molar-refractivity contribution in [3.8, 4) is 0 Å². The molecular formula is C11H14BrNO. The van der Waals surface area contributed by atoms with Crippen LogP contribution in [0.2, 0.25) is 0 Å². The van der Waals surface area contributed by atoms with E-state index in [-0.39, 0.29) is 6.61 Å². The van der Waals surface area contributed by atoms with Crippen LogP contribution in [-0.4, -0.2) is 18.2 Å². The predicted molar refractivity (Wildman–Crippen MR) is 61.5 cm³/mol. The van der Waals surface area contributed by atoms with Gasteiger partial charge in [0.15, 0.2) is 0 Å². The highest BCUT2D eigenvalue weighted by atomic mass is 79.9. The maximum atomic E-state index is 9.03. The van der Waals surface area contributed by atoms with E-state index in [1.165, 1.54) is 18.5 Å². The first-order chi connectivity index (χ1) is 6.81. The van der Waals surface area contributed by atoms with E-state index < -0.39 is 0 Å². The van der Waals surface area contributed by atoms with Crippen molar-refractivity contribution in [3.05, 3.63) is 28.2 Å². The van der Waals surface area contributed by atoms with Crippen LogP contribution in [0.3, 0.4) is 0 Å². The SMILES string of the molecule is OCc1ccc(N2CCCC2)cc1Br. The summed E-state index contributed by atoms with van der Waals surface area (Å²) in [7, 11) is 0. The molecule has 0 saturated carbocycles. The molecule has 0 unspecified atom stereocenters. The van der Waals surface area contributed by atoms with Gasteiger partial charge in [-0.05, 0) is 30.5 Å². The Kier molecular flexibility index (Phi) is 3.08. The number of aliphatic hydroxyl groups excluding tert-OH is 1. The van der Waals surface area contributed by atoms with Gasteiger partial charge in [0.05, 0.1) is 6.61 Å². The van der Waals surface area contributed by atoms with E-state index in [4.69, 9.17) is 5.11 Å². The Hall–Kier alpha value is -0.540. The molecular weight excluding hydrogens is 242 g/mol. The van der Waals surface area contributed by atoms with Crippen LogP contribution in [0.25, 0.3) is 0 Å². The number of halogens is 1. The summed E-state index contributed by atoms with van der Waals surface area (Å²) >= 11 is 3.47. The average molecular weight is 256 g/mol. The van der Waals surface area contributed by atoms with Gasteiger partial charge in [0, 0.05) is 23.2 Å². The van der Waals surface area contributed by atoms with E-state index >= 15 is 0 Å². The quantitative estimate of drug-likeness (QED) is 0.878. The Morgan fingerprint density at radius 3 is 2.57 bits per heavy atom. The Balaban J connectivity index is 2.23. The number of hydrogen-bond donors (Lipinski definition) is 1. The molecule has 1 heterocycles. The van der Waals surface area contributed by atoms with E-state index in [1.807, 2.05) is 6.07 Å². The monoisotopic (exact) mass is 255 g/mol. The Morgan fingerprint density at radius 1 is 1.29 bits per heavy atom. The smallest absolute Gasteiger partial charge is 0.0692 e. The third-order valence-corrected chi connectivity index (χ3v) is 3.42. The number of anilines is 1. The van der Waals surface area contributed by atoms with Crippen LogP contribution in [0.1, 0.15) is 18.4 Å². The molecule has 0 bridgehead atoms. The Labute approximate surface area is 92.7 Å². The molecule has 1 aromatic carbocycles. The first-order valence-corrected chi connectivity index (χ1v) is 5.75. The molecule has 1 fully saturated rings. The third-order valence-electron chi connectivity index (χ3n) is 2.68. The molecule has 1 saturated heterocycles. The maximum Gasteiger partial charge on any atom is 0.0692 e. The van der Waals surface area contributed by atoms with Gasteiger partial charge in [-0.2, -0.15) is 0 Å². The fraction of sp³-hybridized carbons (Fsp3) is 0.455. The van der Waals surface area contributed by atoms with Crippen molar-refractivity contribution in [1.29, 1.82) is 0 Å². The number of benzene rings is 1. The molecule has 2 nitrogen and oxygen atoms in total. The zero-order valence-corrected chi connectivity index (χ0v) is 9.63. The van der Waals surface area contributed by atoms with E-state index in [0.717, 1.165) is 23.1 Å². The van der Waals surface area contributed by atoms with Gasteiger partial charge in [0.25, 0.3) is 0 Å². The second-order valence-electron chi connectivity index (χ2n) is 3.63. The predicted octanol–water partition coefficient (Wildman–Crippen LogP) is 2.54. The fourth-order valence-electron chi connectivity index (χ4n) is 1.84. The summed E-state index contributed by atoms with van der Waals surface area (Å²) < 4.78 is 1.00. The summed E-state index contributed by atoms with van der Waals surface area (Å²) in [6.07, 6.45) is 2.58. The number of nitrogens with zero attached hydrogens (tertiary/aromatic N) is 1. The highest BCUT2D eigenvalue weighted by Crippen LogP contribution is 2.26. The minimum atomic E-state index is 0.0981. The van der Waals surface area contributed by atoms with Gasteiger partial charge in [0.2, 0.25) is 0 Å². The Morgan fingerprint density at radius 2 is 2.00 bits per heavy atom. The van der Waals surface area contributed by atoms with Gasteiger partial charge >= 0.3 is 0 Å². The topological polar surface area (TPSA) is 23.5 Å². The van der Waals surface area contributed by atoms with Gasteiger partial charge in [-0.15, -0.1) is 0 Å². The van der Waals surface area contributed by atoms with Crippen LogP contribution in [0.15, 0.2) is 22.7 Å². The molecule has 0 radical (unpaired) electrons. The van der Waals surface area contributed by atoms with Crippen LogP contribution in [0.5, 0.6) is 0 Å². The van der Waals surface area contributed by atoms with E-state index in [9.17, 15) is 0 Å². The van der Waals surface area contributed by atoms with Gasteiger partial charge in [0.1, 0.15) is 0 Å². The lowest BCUT2D eigenvalue weighted by molar-refractivity contribution is 0.281. The lowest BCUT2D eigenvalue weighted by Gasteiger charge is -2.18. The molecule has 1 aromatic rings. The second kappa shape index (κ2) is 4.32. The van der Waals surface area contributed by atoms with Gasteiger partial charge in [-0.1, -0.05) is 22.0 Å². The summed E-state index contributed by atoms with van der Waals surface area (Å²) in [5.74, 6) is 0. The van der Waals surface area contributed by atoms with E-state index in [1.54, 1.807) is 0 Å². The zero-order chi connectivity index (χ0) is 9.97. The fourth-order valence-corrected chi connectivity index (χ4v) is 2.33. The molecule has 76 valence electrons. The van der Waals surface area contributed by atoms with Crippen LogP contribution in [0.4, 0.5) is 5.69 Å². The van der Waals surface area contributed by atoms with Crippen LogP contribution < -0.4 is 4.90 Å². The number of rotatable bonds is 2. The van der Waals surface area contributed by atoms with Crippen LogP contribution in [0, 0.1) is 0 Å². The number of aliphatic hydroxyl groups is 1. The molecule has 14 heavy (non-hydrogen) atoms. The molecule has 0 spiro atoms. The maximum absolute atomic E-state index is 9.03. The molecule has 1 N–H and O–H groups in total. The first kappa shape index (κ1) is 9.99. The minimum absolute atomic E-state index is 0.0981. The number of hydrogen-bond acceptors (Lipinski definition) is 2. The zero-order valence-electron chi connectivity index (χ0n) is 8.04. The van der Waals surface area contributed by atoms with Crippen molar-refractivity contribution >= 4 is 21.6 Å². The van der Waals surface area contributed by atoms with Gasteiger partial charge in [-0.25, -0.2) is 0 Å². The molecule has 0 atom stereocenters. The largest absolute Gasteiger partial charge is 0.392 e. The minimum Gasteiger partial charge on any atom is -0.392 e. The standard InChI is InChI=1S/C11H14BrNO/c12-11-7-10(4-3-9(11)8-14)13-5-1-2-6-13/h3-4,7,14H,1-2,5-6,8H2. The highest BCUT2D eigenvalue weighted by molar-refractivity contribution is 9.10. The molecule has 0 amide bonds. The van der Waals surface area contributed by atoms with Crippen molar-refractivity contribution in [2.45, 2.75) is 19.4 Å². The molecule has 0 aliphatic carbocycles. The van der Waals surface area contributed by atoms with Crippen molar-refractivity contribution in [2.75, 3.05) is 18.0 Å². The summed E-state index contributed by atoms with van der Waals surface area (Å²) in [6, 6.07) is 6.16. The Bertz CT molecular complexity index is 321. The lowest BCUT2D eigenvalue weighted by atomic mass is 10.2. The highest BCUT2D eigenvalue weighted by Gasteiger charge is 2.12. The normalized spacial score (nSPS) is 16.3. The van der Waals surface area contributed by atoms with E-state index in [2.05, 4.69) is 33.0 Å². The van der Waals surface area contributed by atoms with Crippen LogP contribution in [-0.2, 0) is 6.61 Å². The molecule has 1 aliphatic rings. The average Bonchev–Trinajstić information content (AvgIpc) is 2.70. The van der Waals surface area contributed by atoms with Crippen molar-refractivity contribution < 1.29 is 5.11 Å². The van der Waals surface area contributed by atoms with Gasteiger partial charge in [-0.3, -0.25) is 0 Å². The summed E-state index contributed by atoms with van der Waals surface area (Å²) in [5, 5.41) is 9.03. The summed E-state index contributed by atoms with van der Waals surface area (Å²) in [5.41, 5.74) is 2.21. The van der Waals surface area contributed by atoms with E-state index in [0.29, 0.717) is 0 Å². The second-order valence-corrected chi connectivity index (χ2v) is 4.48. The molecule has 2 rings (SSSR count). The summed E-state index contributed by atoms with van der Waals surface area (Å²) in [4.78, 5) is 2.38. The van der Waals surface area contributed by atoms with Gasteiger partial charge < -0.3 is 10.0 Å². The van der Waals surface area contributed by atoms with Crippen molar-refractivity contribution in [1.82, 2.24) is 0 Å². The lowest BCUT2D eigenvalue weighted by Crippen LogP contribution is -2.17. The molecule has 3 heteroatoms. The molecule has 1 aliphatic heterocycles. The molecule has 0 aromatic heterocycles. The van der Waals surface area contributed by atoms with Crippen molar-refractivity contribution in [2.24, 2.45) is 0 Å². The first-order valence-electron chi connectivity index (χ1n) is 4.95. The van der Waals surface area contributed by atoms with Crippen LogP contribution >= 0.6 is 15.9 Å². The summed E-state index contributed by atoms with van der Waals surface area (Å²) in [6.45, 7) is 2.41.